The lowest BCUT2D eigenvalue weighted by Gasteiger charge is -2.16. The number of pyridine rings is 2. The van der Waals surface area contributed by atoms with E-state index < -0.39 is 0 Å². The number of aromatic nitrogens is 4. The molecule has 0 aliphatic heterocycles. The van der Waals surface area contributed by atoms with Crippen LogP contribution in [0.3, 0.4) is 0 Å². The Bertz CT molecular complexity index is 1070. The molecule has 2 N–H and O–H groups in total. The fraction of sp³-hybridized carbons (Fsp3) is 0.190. The van der Waals surface area contributed by atoms with E-state index in [1.54, 1.807) is 6.20 Å². The van der Waals surface area contributed by atoms with E-state index in [4.69, 9.17) is 10.8 Å². The minimum Gasteiger partial charge on any atom is -0.324 e. The Hall–Kier alpha value is -3.05. The van der Waals surface area contributed by atoms with Crippen LogP contribution in [-0.4, -0.2) is 19.7 Å². The molecule has 0 amide bonds. The summed E-state index contributed by atoms with van der Waals surface area (Å²) in [6.07, 6.45) is 4.32. The van der Waals surface area contributed by atoms with Crippen LogP contribution in [0.5, 0.6) is 0 Å². The van der Waals surface area contributed by atoms with Crippen molar-refractivity contribution in [2.24, 2.45) is 12.8 Å². The van der Waals surface area contributed by atoms with Gasteiger partial charge in [0, 0.05) is 48.0 Å². The first-order valence-corrected chi connectivity index (χ1v) is 8.67. The molecule has 0 spiro atoms. The highest BCUT2D eigenvalue weighted by Gasteiger charge is 2.18. The summed E-state index contributed by atoms with van der Waals surface area (Å²) < 4.78 is 1.86. The van der Waals surface area contributed by atoms with E-state index in [9.17, 15) is 0 Å². The summed E-state index contributed by atoms with van der Waals surface area (Å²) in [6.45, 7) is 2.00. The molecule has 26 heavy (non-hydrogen) atoms. The Morgan fingerprint density at radius 3 is 2.77 bits per heavy atom. The SMILES string of the molecule is Cc1cccc(CC(N)c2ccccc2-c2nn(C)c3cnccc23)n1. The number of nitrogens with zero attached hydrogens (tertiary/aromatic N) is 4. The third kappa shape index (κ3) is 2.97. The van der Waals surface area contributed by atoms with E-state index in [2.05, 4.69) is 22.1 Å². The topological polar surface area (TPSA) is 69.6 Å². The highest BCUT2D eigenvalue weighted by Crippen LogP contribution is 2.32. The van der Waals surface area contributed by atoms with Gasteiger partial charge in [-0.1, -0.05) is 30.3 Å². The summed E-state index contributed by atoms with van der Waals surface area (Å²) in [4.78, 5) is 8.80. The summed E-state index contributed by atoms with van der Waals surface area (Å²) in [7, 11) is 1.94. The van der Waals surface area contributed by atoms with Crippen LogP contribution in [-0.2, 0) is 13.5 Å². The van der Waals surface area contributed by atoms with E-state index in [0.717, 1.165) is 39.1 Å². The molecule has 3 aromatic heterocycles. The van der Waals surface area contributed by atoms with Gasteiger partial charge < -0.3 is 5.73 Å². The number of hydrogen-bond donors (Lipinski definition) is 1. The van der Waals surface area contributed by atoms with E-state index in [0.29, 0.717) is 6.42 Å². The third-order valence-electron chi connectivity index (χ3n) is 4.64. The maximum absolute atomic E-state index is 6.58. The van der Waals surface area contributed by atoms with Gasteiger partial charge >= 0.3 is 0 Å². The Morgan fingerprint density at radius 1 is 1.08 bits per heavy atom. The molecule has 0 saturated carbocycles. The van der Waals surface area contributed by atoms with Gasteiger partial charge in [0.1, 0.15) is 5.69 Å². The minimum absolute atomic E-state index is 0.153. The van der Waals surface area contributed by atoms with Gasteiger partial charge in [-0.15, -0.1) is 0 Å². The molecule has 0 aliphatic carbocycles. The van der Waals surface area contributed by atoms with Crippen LogP contribution >= 0.6 is 0 Å². The maximum atomic E-state index is 6.58. The monoisotopic (exact) mass is 343 g/mol. The van der Waals surface area contributed by atoms with Crippen LogP contribution in [0, 0.1) is 6.92 Å². The standard InChI is InChI=1S/C21H21N5/c1-14-6-5-7-15(24-14)12-19(22)16-8-3-4-9-17(16)21-18-10-11-23-13-20(18)26(2)25-21/h3-11,13,19H,12,22H2,1-2H3. The normalized spacial score (nSPS) is 12.4. The molecule has 0 bridgehead atoms. The van der Waals surface area contributed by atoms with E-state index in [-0.39, 0.29) is 6.04 Å². The summed E-state index contributed by atoms with van der Waals surface area (Å²) in [6, 6.07) is 16.1. The number of nitrogens with two attached hydrogens (primary N) is 1. The molecule has 4 rings (SSSR count). The van der Waals surface area contributed by atoms with Gasteiger partial charge in [0.2, 0.25) is 0 Å². The van der Waals surface area contributed by atoms with Crippen LogP contribution in [0.4, 0.5) is 0 Å². The van der Waals surface area contributed by atoms with Crippen LogP contribution in [0.2, 0.25) is 0 Å². The van der Waals surface area contributed by atoms with Crippen molar-refractivity contribution in [1.29, 1.82) is 0 Å². The van der Waals surface area contributed by atoms with Gasteiger partial charge in [-0.25, -0.2) is 0 Å². The molecule has 5 nitrogen and oxygen atoms in total. The molecule has 1 aromatic carbocycles. The summed E-state index contributed by atoms with van der Waals surface area (Å²) in [5.74, 6) is 0. The first-order valence-electron chi connectivity index (χ1n) is 8.67. The Kier molecular flexibility index (Phi) is 4.22. The smallest absolute Gasteiger partial charge is 0.101 e. The lowest BCUT2D eigenvalue weighted by molar-refractivity contribution is 0.705. The summed E-state index contributed by atoms with van der Waals surface area (Å²) in [5, 5.41) is 5.81. The third-order valence-corrected chi connectivity index (χ3v) is 4.64. The van der Waals surface area contributed by atoms with Crippen molar-refractivity contribution in [1.82, 2.24) is 19.7 Å². The average Bonchev–Trinajstić information content (AvgIpc) is 2.99. The molecule has 0 fully saturated rings. The summed E-state index contributed by atoms with van der Waals surface area (Å²) in [5.41, 5.74) is 12.7. The van der Waals surface area contributed by atoms with E-state index >= 15 is 0 Å². The van der Waals surface area contributed by atoms with Gasteiger partial charge in [0.25, 0.3) is 0 Å². The van der Waals surface area contributed by atoms with Crippen molar-refractivity contribution >= 4 is 10.9 Å². The zero-order valence-corrected chi connectivity index (χ0v) is 14.9. The van der Waals surface area contributed by atoms with Crippen molar-refractivity contribution in [3.8, 4) is 11.3 Å². The number of aryl methyl sites for hydroxylation is 2. The molecule has 0 aliphatic rings. The Morgan fingerprint density at radius 2 is 1.92 bits per heavy atom. The van der Waals surface area contributed by atoms with Crippen molar-refractivity contribution < 1.29 is 0 Å². The minimum atomic E-state index is -0.153. The lowest BCUT2D eigenvalue weighted by atomic mass is 9.94. The van der Waals surface area contributed by atoms with Gasteiger partial charge in [0.15, 0.2) is 0 Å². The molecule has 3 heterocycles. The Labute approximate surface area is 152 Å². The average molecular weight is 343 g/mol. The van der Waals surface area contributed by atoms with Crippen molar-refractivity contribution in [2.75, 3.05) is 0 Å². The number of hydrogen-bond acceptors (Lipinski definition) is 4. The fourth-order valence-electron chi connectivity index (χ4n) is 3.39. The van der Waals surface area contributed by atoms with E-state index in [1.165, 1.54) is 0 Å². The van der Waals surface area contributed by atoms with Crippen molar-refractivity contribution in [3.63, 3.8) is 0 Å². The molecule has 0 saturated heterocycles. The van der Waals surface area contributed by atoms with Crippen molar-refractivity contribution in [3.05, 3.63) is 77.9 Å². The summed E-state index contributed by atoms with van der Waals surface area (Å²) >= 11 is 0. The zero-order valence-electron chi connectivity index (χ0n) is 14.9. The number of fused-ring (bicyclic) bond motifs is 1. The molecule has 1 atom stereocenters. The van der Waals surface area contributed by atoms with Crippen LogP contribution in [0.25, 0.3) is 22.2 Å². The first-order chi connectivity index (χ1) is 12.6. The molecule has 0 radical (unpaired) electrons. The second kappa shape index (κ2) is 6.69. The molecule has 4 aromatic rings. The molecule has 5 heteroatoms. The maximum Gasteiger partial charge on any atom is 0.101 e. The second-order valence-corrected chi connectivity index (χ2v) is 6.53. The highest BCUT2D eigenvalue weighted by atomic mass is 15.3. The van der Waals surface area contributed by atoms with Crippen LogP contribution < -0.4 is 5.73 Å². The predicted octanol–water partition coefficient (Wildman–Crippen LogP) is 3.58. The number of benzene rings is 1. The Balaban J connectivity index is 1.77. The predicted molar refractivity (Wildman–Crippen MR) is 104 cm³/mol. The van der Waals surface area contributed by atoms with Crippen LogP contribution in [0.1, 0.15) is 23.0 Å². The van der Waals surface area contributed by atoms with E-state index in [1.807, 2.05) is 61.2 Å². The fourth-order valence-corrected chi connectivity index (χ4v) is 3.39. The van der Waals surface area contributed by atoms with Gasteiger partial charge in [0.05, 0.1) is 11.7 Å². The number of rotatable bonds is 4. The van der Waals surface area contributed by atoms with Crippen LogP contribution in [0.15, 0.2) is 60.9 Å². The quantitative estimate of drug-likeness (QED) is 0.615. The molecular weight excluding hydrogens is 322 g/mol. The van der Waals surface area contributed by atoms with Gasteiger partial charge in [-0.05, 0) is 30.7 Å². The lowest BCUT2D eigenvalue weighted by Crippen LogP contribution is -2.15. The second-order valence-electron chi connectivity index (χ2n) is 6.53. The highest BCUT2D eigenvalue weighted by molar-refractivity contribution is 5.93. The van der Waals surface area contributed by atoms with Gasteiger partial charge in [-0.2, -0.15) is 5.10 Å². The molecule has 130 valence electrons. The van der Waals surface area contributed by atoms with Gasteiger partial charge in [-0.3, -0.25) is 14.6 Å². The van der Waals surface area contributed by atoms with Crippen molar-refractivity contribution in [2.45, 2.75) is 19.4 Å². The molecular formula is C21H21N5. The zero-order chi connectivity index (χ0) is 18.1. The largest absolute Gasteiger partial charge is 0.324 e. The molecule has 1 unspecified atom stereocenters. The first kappa shape index (κ1) is 16.4.